The summed E-state index contributed by atoms with van der Waals surface area (Å²) in [6.07, 6.45) is 2.70. The van der Waals surface area contributed by atoms with Gasteiger partial charge in [-0.05, 0) is 51.4 Å². The van der Waals surface area contributed by atoms with Crippen molar-refractivity contribution in [2.75, 3.05) is 25.0 Å². The molecule has 3 nitrogen and oxygen atoms in total. The van der Waals surface area contributed by atoms with Gasteiger partial charge in [0.15, 0.2) is 5.13 Å². The number of anilines is 1. The summed E-state index contributed by atoms with van der Waals surface area (Å²) < 4.78 is 1.27. The number of hydrogen-bond donors (Lipinski definition) is 1. The average molecular weight is 275 g/mol. The van der Waals surface area contributed by atoms with Gasteiger partial charge in [-0.25, -0.2) is 4.98 Å². The summed E-state index contributed by atoms with van der Waals surface area (Å²) in [6, 6.07) is 6.97. The van der Waals surface area contributed by atoms with E-state index in [0.717, 1.165) is 17.2 Å². The molecule has 0 radical (unpaired) electrons. The molecular formula is C15H21N3S. The third-order valence-corrected chi connectivity index (χ3v) is 4.91. The molecule has 1 fully saturated rings. The van der Waals surface area contributed by atoms with Crippen LogP contribution in [0.15, 0.2) is 18.2 Å². The second kappa shape index (κ2) is 5.47. The molecule has 1 aliphatic rings. The molecule has 19 heavy (non-hydrogen) atoms. The molecule has 0 amide bonds. The first-order valence-corrected chi connectivity index (χ1v) is 7.90. The maximum Gasteiger partial charge on any atom is 0.183 e. The summed E-state index contributed by atoms with van der Waals surface area (Å²) in [5.74, 6) is 0. The number of benzene rings is 1. The number of aryl methyl sites for hydroxylation is 1. The third-order valence-electron chi connectivity index (χ3n) is 3.93. The largest absolute Gasteiger partial charge is 0.360 e. The topological polar surface area (TPSA) is 28.2 Å². The second-order valence-corrected chi connectivity index (χ2v) is 6.44. The Labute approximate surface area is 118 Å². The van der Waals surface area contributed by atoms with Crippen LogP contribution in [0.3, 0.4) is 0 Å². The zero-order valence-electron chi connectivity index (χ0n) is 11.6. The monoisotopic (exact) mass is 275 g/mol. The van der Waals surface area contributed by atoms with Crippen molar-refractivity contribution in [3.8, 4) is 0 Å². The Morgan fingerprint density at radius 2 is 2.16 bits per heavy atom. The van der Waals surface area contributed by atoms with Crippen molar-refractivity contribution in [1.29, 1.82) is 0 Å². The Kier molecular flexibility index (Phi) is 3.71. The highest BCUT2D eigenvalue weighted by atomic mass is 32.1. The van der Waals surface area contributed by atoms with E-state index in [1.54, 1.807) is 11.3 Å². The van der Waals surface area contributed by atoms with Crippen molar-refractivity contribution in [3.05, 3.63) is 23.8 Å². The van der Waals surface area contributed by atoms with Gasteiger partial charge in [-0.15, -0.1) is 0 Å². The number of fused-ring (bicyclic) bond motifs is 1. The van der Waals surface area contributed by atoms with Gasteiger partial charge < -0.3 is 5.32 Å². The Hall–Kier alpha value is -1.13. The van der Waals surface area contributed by atoms with Crippen LogP contribution < -0.4 is 5.32 Å². The van der Waals surface area contributed by atoms with Crippen LogP contribution in [-0.2, 0) is 0 Å². The molecule has 0 bridgehead atoms. The molecule has 0 saturated carbocycles. The average Bonchev–Trinajstić information content (AvgIpc) is 3.05. The Balaban J connectivity index is 1.66. The molecular weight excluding hydrogens is 254 g/mol. The SMILES string of the molecule is Cc1cccc2sc(NCC(C)N3CCCC3)nc12. The van der Waals surface area contributed by atoms with E-state index in [4.69, 9.17) is 4.98 Å². The molecule has 4 heteroatoms. The lowest BCUT2D eigenvalue weighted by Crippen LogP contribution is -2.35. The normalized spacial score (nSPS) is 18.0. The summed E-state index contributed by atoms with van der Waals surface area (Å²) in [4.78, 5) is 7.26. The molecule has 1 saturated heterocycles. The van der Waals surface area contributed by atoms with Crippen LogP contribution in [0.5, 0.6) is 0 Å². The summed E-state index contributed by atoms with van der Waals surface area (Å²) in [6.45, 7) is 7.91. The molecule has 1 aromatic carbocycles. The molecule has 3 rings (SSSR count). The van der Waals surface area contributed by atoms with E-state index in [1.165, 1.54) is 36.2 Å². The maximum atomic E-state index is 4.70. The predicted octanol–water partition coefficient (Wildman–Crippen LogP) is 3.50. The van der Waals surface area contributed by atoms with Crippen molar-refractivity contribution >= 4 is 26.7 Å². The van der Waals surface area contributed by atoms with Gasteiger partial charge >= 0.3 is 0 Å². The third kappa shape index (κ3) is 2.74. The maximum absolute atomic E-state index is 4.70. The van der Waals surface area contributed by atoms with E-state index in [-0.39, 0.29) is 0 Å². The molecule has 1 aromatic heterocycles. The second-order valence-electron chi connectivity index (χ2n) is 5.41. The zero-order chi connectivity index (χ0) is 13.2. The fourth-order valence-corrected chi connectivity index (χ4v) is 3.66. The summed E-state index contributed by atoms with van der Waals surface area (Å²) in [5.41, 5.74) is 2.40. The number of aromatic nitrogens is 1. The Bertz CT molecular complexity index is 558. The quantitative estimate of drug-likeness (QED) is 0.925. The van der Waals surface area contributed by atoms with E-state index in [1.807, 2.05) is 0 Å². The van der Waals surface area contributed by atoms with Crippen LogP contribution in [0.1, 0.15) is 25.3 Å². The van der Waals surface area contributed by atoms with Crippen molar-refractivity contribution in [1.82, 2.24) is 9.88 Å². The number of likely N-dealkylation sites (tertiary alicyclic amines) is 1. The number of hydrogen-bond acceptors (Lipinski definition) is 4. The molecule has 102 valence electrons. The minimum atomic E-state index is 0.593. The number of rotatable bonds is 4. The Morgan fingerprint density at radius 1 is 1.37 bits per heavy atom. The molecule has 1 unspecified atom stereocenters. The first-order chi connectivity index (χ1) is 9.24. The molecule has 1 N–H and O–H groups in total. The van der Waals surface area contributed by atoms with Crippen molar-refractivity contribution in [2.24, 2.45) is 0 Å². The minimum absolute atomic E-state index is 0.593. The highest BCUT2D eigenvalue weighted by Crippen LogP contribution is 2.27. The van der Waals surface area contributed by atoms with Gasteiger partial charge in [0.1, 0.15) is 0 Å². The number of nitrogens with one attached hydrogen (secondary N) is 1. The fourth-order valence-electron chi connectivity index (χ4n) is 2.71. The minimum Gasteiger partial charge on any atom is -0.360 e. The fraction of sp³-hybridized carbons (Fsp3) is 0.533. The van der Waals surface area contributed by atoms with Crippen LogP contribution in [0, 0.1) is 6.92 Å². The van der Waals surface area contributed by atoms with Gasteiger partial charge in [-0.1, -0.05) is 23.5 Å². The summed E-state index contributed by atoms with van der Waals surface area (Å²) >= 11 is 1.76. The lowest BCUT2D eigenvalue weighted by atomic mass is 10.2. The van der Waals surface area contributed by atoms with Crippen LogP contribution >= 0.6 is 11.3 Å². The van der Waals surface area contributed by atoms with Gasteiger partial charge in [-0.3, -0.25) is 4.90 Å². The van der Waals surface area contributed by atoms with Crippen LogP contribution in [0.4, 0.5) is 5.13 Å². The Morgan fingerprint density at radius 3 is 2.89 bits per heavy atom. The highest BCUT2D eigenvalue weighted by molar-refractivity contribution is 7.22. The molecule has 2 heterocycles. The van der Waals surface area contributed by atoms with Crippen molar-refractivity contribution in [2.45, 2.75) is 32.7 Å². The van der Waals surface area contributed by atoms with E-state index in [9.17, 15) is 0 Å². The lowest BCUT2D eigenvalue weighted by molar-refractivity contribution is 0.269. The zero-order valence-corrected chi connectivity index (χ0v) is 12.5. The van der Waals surface area contributed by atoms with Gasteiger partial charge in [0, 0.05) is 12.6 Å². The molecule has 2 aromatic rings. The van der Waals surface area contributed by atoms with Gasteiger partial charge in [0.05, 0.1) is 10.2 Å². The number of nitrogens with zero attached hydrogens (tertiary/aromatic N) is 2. The summed E-state index contributed by atoms with van der Waals surface area (Å²) in [7, 11) is 0. The summed E-state index contributed by atoms with van der Waals surface area (Å²) in [5, 5.41) is 4.55. The smallest absolute Gasteiger partial charge is 0.183 e. The highest BCUT2D eigenvalue weighted by Gasteiger charge is 2.18. The van der Waals surface area contributed by atoms with E-state index < -0.39 is 0 Å². The number of thiazole rings is 1. The van der Waals surface area contributed by atoms with Crippen molar-refractivity contribution < 1.29 is 0 Å². The van der Waals surface area contributed by atoms with Gasteiger partial charge in [0.25, 0.3) is 0 Å². The van der Waals surface area contributed by atoms with Crippen LogP contribution in [-0.4, -0.2) is 35.6 Å². The standard InChI is InChI=1S/C15H21N3S/c1-11-6-5-7-13-14(11)17-15(19-13)16-10-12(2)18-8-3-4-9-18/h5-7,12H,3-4,8-10H2,1-2H3,(H,16,17). The molecule has 0 spiro atoms. The molecule has 1 atom stereocenters. The van der Waals surface area contributed by atoms with Crippen LogP contribution in [0.2, 0.25) is 0 Å². The van der Waals surface area contributed by atoms with Crippen LogP contribution in [0.25, 0.3) is 10.2 Å². The number of para-hydroxylation sites is 1. The molecule has 0 aliphatic carbocycles. The van der Waals surface area contributed by atoms with E-state index in [2.05, 4.69) is 42.3 Å². The van der Waals surface area contributed by atoms with Gasteiger partial charge in [-0.2, -0.15) is 0 Å². The lowest BCUT2D eigenvalue weighted by Gasteiger charge is -2.23. The first-order valence-electron chi connectivity index (χ1n) is 7.08. The van der Waals surface area contributed by atoms with E-state index in [0.29, 0.717) is 6.04 Å². The van der Waals surface area contributed by atoms with Crippen molar-refractivity contribution in [3.63, 3.8) is 0 Å². The van der Waals surface area contributed by atoms with Gasteiger partial charge in [0.2, 0.25) is 0 Å². The van der Waals surface area contributed by atoms with E-state index >= 15 is 0 Å². The molecule has 1 aliphatic heterocycles. The first kappa shape index (κ1) is 12.9. The predicted molar refractivity (Wildman–Crippen MR) is 83.1 cm³/mol.